The average Bonchev–Trinajstić information content (AvgIpc) is 2.39. The number of benzene rings is 1. The topological polar surface area (TPSA) is 35.2 Å². The number of hydrogen-bond donors (Lipinski definition) is 1. The van der Waals surface area contributed by atoms with E-state index in [-0.39, 0.29) is 11.9 Å². The van der Waals surface area contributed by atoms with E-state index >= 15 is 0 Å². The number of methoxy groups -OCH3 is 1. The Morgan fingerprint density at radius 2 is 2.25 bits per heavy atom. The van der Waals surface area contributed by atoms with Crippen LogP contribution in [0.4, 0.5) is 4.39 Å². The zero-order valence-electron chi connectivity index (χ0n) is 9.50. The molecule has 0 amide bonds. The van der Waals surface area contributed by atoms with E-state index in [9.17, 15) is 4.39 Å². The van der Waals surface area contributed by atoms with E-state index in [2.05, 4.69) is 6.92 Å². The normalized spacial score (nSPS) is 24.8. The van der Waals surface area contributed by atoms with Crippen molar-refractivity contribution in [1.82, 2.24) is 0 Å². The molecule has 0 saturated carbocycles. The maximum Gasteiger partial charge on any atom is 0.128 e. The minimum Gasteiger partial charge on any atom is -0.496 e. The molecule has 16 heavy (non-hydrogen) atoms. The molecule has 88 valence electrons. The van der Waals surface area contributed by atoms with Crippen LogP contribution in [0.3, 0.4) is 0 Å². The molecule has 0 fully saturated rings. The van der Waals surface area contributed by atoms with Crippen LogP contribution in [0.25, 0.3) is 0 Å². The van der Waals surface area contributed by atoms with Gasteiger partial charge in [-0.3, -0.25) is 0 Å². The first-order valence-corrected chi connectivity index (χ1v) is 6.40. The number of fused-ring (bicyclic) bond motifs is 1. The highest BCUT2D eigenvalue weighted by atomic mass is 32.2. The van der Waals surface area contributed by atoms with E-state index in [0.717, 1.165) is 23.5 Å². The van der Waals surface area contributed by atoms with Crippen molar-refractivity contribution in [3.05, 3.63) is 29.1 Å². The Hall–Kier alpha value is -0.740. The minimum absolute atomic E-state index is 0.210. The highest BCUT2D eigenvalue weighted by Crippen LogP contribution is 2.39. The lowest BCUT2D eigenvalue weighted by molar-refractivity contribution is 0.408. The summed E-state index contributed by atoms with van der Waals surface area (Å²) in [6.45, 7) is 2.13. The number of hydrogen-bond acceptors (Lipinski definition) is 3. The summed E-state index contributed by atoms with van der Waals surface area (Å²) in [7, 11) is 1.61. The molecule has 2 rings (SSSR count). The van der Waals surface area contributed by atoms with E-state index in [4.69, 9.17) is 10.5 Å². The van der Waals surface area contributed by atoms with Crippen LogP contribution in [0.15, 0.2) is 12.1 Å². The van der Waals surface area contributed by atoms with Crippen LogP contribution in [0.5, 0.6) is 5.75 Å². The molecule has 2 nitrogen and oxygen atoms in total. The Balaban J connectivity index is 2.52. The van der Waals surface area contributed by atoms with Crippen LogP contribution in [0.2, 0.25) is 0 Å². The Morgan fingerprint density at radius 1 is 1.50 bits per heavy atom. The van der Waals surface area contributed by atoms with Gasteiger partial charge in [0.2, 0.25) is 0 Å². The van der Waals surface area contributed by atoms with Crippen LogP contribution < -0.4 is 10.5 Å². The lowest BCUT2D eigenvalue weighted by Crippen LogP contribution is -2.16. The van der Waals surface area contributed by atoms with E-state index in [1.165, 1.54) is 6.07 Å². The molecule has 2 N–H and O–H groups in total. The summed E-state index contributed by atoms with van der Waals surface area (Å²) in [5.41, 5.74) is 7.61. The first kappa shape index (κ1) is 11.7. The van der Waals surface area contributed by atoms with Gasteiger partial charge in [-0.1, -0.05) is 6.92 Å². The van der Waals surface area contributed by atoms with E-state index in [1.807, 2.05) is 0 Å². The minimum atomic E-state index is -0.227. The van der Waals surface area contributed by atoms with Crippen molar-refractivity contribution in [2.24, 2.45) is 5.73 Å². The van der Waals surface area contributed by atoms with E-state index < -0.39 is 0 Å². The van der Waals surface area contributed by atoms with Crippen molar-refractivity contribution in [3.8, 4) is 5.75 Å². The molecule has 2 atom stereocenters. The summed E-state index contributed by atoms with van der Waals surface area (Å²) in [6.07, 6.45) is 0.807. The zero-order valence-corrected chi connectivity index (χ0v) is 10.3. The number of ether oxygens (including phenoxy) is 1. The Labute approximate surface area is 99.4 Å². The highest BCUT2D eigenvalue weighted by molar-refractivity contribution is 7.99. The third-order valence-corrected chi connectivity index (χ3v) is 4.17. The average molecular weight is 241 g/mol. The molecule has 1 aromatic rings. The van der Waals surface area contributed by atoms with E-state index in [0.29, 0.717) is 10.8 Å². The fourth-order valence-corrected chi connectivity index (χ4v) is 3.22. The van der Waals surface area contributed by atoms with Crippen molar-refractivity contribution < 1.29 is 9.13 Å². The summed E-state index contributed by atoms with van der Waals surface area (Å²) in [4.78, 5) is 0. The molecule has 0 spiro atoms. The molecule has 0 aliphatic carbocycles. The number of nitrogens with two attached hydrogens (primary N) is 1. The monoisotopic (exact) mass is 241 g/mol. The van der Waals surface area contributed by atoms with Crippen molar-refractivity contribution in [1.29, 1.82) is 0 Å². The van der Waals surface area contributed by atoms with Gasteiger partial charge >= 0.3 is 0 Å². The molecule has 1 aromatic carbocycles. The van der Waals surface area contributed by atoms with Gasteiger partial charge in [0.15, 0.2) is 0 Å². The van der Waals surface area contributed by atoms with Gasteiger partial charge in [0.05, 0.1) is 7.11 Å². The number of halogens is 1. The second kappa shape index (κ2) is 4.63. The molecule has 0 saturated heterocycles. The second-order valence-electron chi connectivity index (χ2n) is 4.11. The molecule has 1 aliphatic heterocycles. The SMILES string of the molecule is COc1ccc(F)c2c1CSC(C)C[C@H]2N. The van der Waals surface area contributed by atoms with Gasteiger partial charge in [0.1, 0.15) is 11.6 Å². The van der Waals surface area contributed by atoms with Gasteiger partial charge in [0, 0.05) is 28.2 Å². The Bertz CT molecular complexity index is 397. The number of thioether (sulfide) groups is 1. The van der Waals surface area contributed by atoms with Crippen LogP contribution >= 0.6 is 11.8 Å². The molecular weight excluding hydrogens is 225 g/mol. The van der Waals surface area contributed by atoms with Crippen LogP contribution in [0.1, 0.15) is 30.5 Å². The van der Waals surface area contributed by atoms with Gasteiger partial charge in [-0.15, -0.1) is 0 Å². The maximum atomic E-state index is 13.8. The standard InChI is InChI=1S/C12H16FNOS/c1-7-5-10(14)12-8(6-16-7)11(15-2)4-3-9(12)13/h3-4,7,10H,5-6,14H2,1-2H3/t7?,10-/m1/s1. The first-order valence-electron chi connectivity index (χ1n) is 5.36. The molecule has 0 aromatic heterocycles. The lowest BCUT2D eigenvalue weighted by atomic mass is 9.97. The largest absolute Gasteiger partial charge is 0.496 e. The summed E-state index contributed by atoms with van der Waals surface area (Å²) >= 11 is 1.80. The fraction of sp³-hybridized carbons (Fsp3) is 0.500. The zero-order chi connectivity index (χ0) is 11.7. The fourth-order valence-electron chi connectivity index (χ4n) is 2.13. The second-order valence-corrected chi connectivity index (χ2v) is 5.53. The third-order valence-electron chi connectivity index (χ3n) is 2.95. The van der Waals surface area contributed by atoms with Crippen molar-refractivity contribution in [2.75, 3.05) is 7.11 Å². The Morgan fingerprint density at radius 3 is 2.94 bits per heavy atom. The summed E-state index contributed by atoms with van der Waals surface area (Å²) < 4.78 is 19.1. The Kier molecular flexibility index (Phi) is 3.40. The lowest BCUT2D eigenvalue weighted by Gasteiger charge is -2.16. The predicted octanol–water partition coefficient (Wildman–Crippen LogP) is 2.86. The van der Waals surface area contributed by atoms with Crippen LogP contribution in [0, 0.1) is 5.82 Å². The third kappa shape index (κ3) is 2.04. The smallest absolute Gasteiger partial charge is 0.128 e. The van der Waals surface area contributed by atoms with Crippen molar-refractivity contribution >= 4 is 11.8 Å². The quantitative estimate of drug-likeness (QED) is 0.821. The number of rotatable bonds is 1. The molecule has 1 aliphatic rings. The first-order chi connectivity index (χ1) is 7.63. The van der Waals surface area contributed by atoms with Gasteiger partial charge in [-0.25, -0.2) is 4.39 Å². The molecule has 1 heterocycles. The molecule has 0 bridgehead atoms. The van der Waals surface area contributed by atoms with Crippen molar-refractivity contribution in [3.63, 3.8) is 0 Å². The predicted molar refractivity (Wildman–Crippen MR) is 65.3 cm³/mol. The molecule has 0 radical (unpaired) electrons. The van der Waals surface area contributed by atoms with Gasteiger partial charge in [-0.2, -0.15) is 11.8 Å². The van der Waals surface area contributed by atoms with Gasteiger partial charge < -0.3 is 10.5 Å². The summed E-state index contributed by atoms with van der Waals surface area (Å²) in [5, 5.41) is 0.450. The maximum absolute atomic E-state index is 13.8. The molecular formula is C12H16FNOS. The summed E-state index contributed by atoms with van der Waals surface area (Å²) in [5.74, 6) is 1.30. The molecule has 4 heteroatoms. The molecule has 1 unspecified atom stereocenters. The van der Waals surface area contributed by atoms with Crippen molar-refractivity contribution in [2.45, 2.75) is 30.4 Å². The van der Waals surface area contributed by atoms with Gasteiger partial charge in [0.25, 0.3) is 0 Å². The highest BCUT2D eigenvalue weighted by Gasteiger charge is 2.25. The van der Waals surface area contributed by atoms with Crippen LogP contribution in [-0.2, 0) is 5.75 Å². The summed E-state index contributed by atoms with van der Waals surface area (Å²) in [6, 6.07) is 2.89. The van der Waals surface area contributed by atoms with E-state index in [1.54, 1.807) is 24.9 Å². The van der Waals surface area contributed by atoms with Crippen LogP contribution in [-0.4, -0.2) is 12.4 Å². The van der Waals surface area contributed by atoms with Gasteiger partial charge in [-0.05, 0) is 18.6 Å².